The van der Waals surface area contributed by atoms with E-state index in [-0.39, 0.29) is 0 Å². The second kappa shape index (κ2) is 4.15. The highest BCUT2D eigenvalue weighted by Gasteiger charge is 2.09. The zero-order chi connectivity index (χ0) is 12.5. The predicted molar refractivity (Wildman–Crippen MR) is 75.6 cm³/mol. The van der Waals surface area contributed by atoms with Crippen molar-refractivity contribution in [3.63, 3.8) is 0 Å². The van der Waals surface area contributed by atoms with Gasteiger partial charge in [-0.05, 0) is 34.0 Å². The van der Waals surface area contributed by atoms with Crippen molar-refractivity contribution in [1.29, 1.82) is 0 Å². The van der Waals surface area contributed by atoms with Crippen molar-refractivity contribution in [2.24, 2.45) is 5.16 Å². The lowest BCUT2D eigenvalue weighted by Gasteiger charge is -2.11. The monoisotopic (exact) mass is 235 g/mol. The molecule has 2 heteroatoms. The van der Waals surface area contributed by atoms with E-state index in [4.69, 9.17) is 5.21 Å². The van der Waals surface area contributed by atoms with Crippen LogP contribution in [0, 0.1) is 6.92 Å². The molecule has 0 saturated carbocycles. The largest absolute Gasteiger partial charge is 0.411 e. The van der Waals surface area contributed by atoms with Gasteiger partial charge >= 0.3 is 0 Å². The summed E-state index contributed by atoms with van der Waals surface area (Å²) in [4.78, 5) is 0. The first kappa shape index (κ1) is 10.8. The van der Waals surface area contributed by atoms with Gasteiger partial charge in [0.2, 0.25) is 0 Å². The maximum Gasteiger partial charge on any atom is 0.0746 e. The van der Waals surface area contributed by atoms with Crippen LogP contribution in [-0.2, 0) is 0 Å². The van der Waals surface area contributed by atoms with Gasteiger partial charge in [-0.15, -0.1) is 0 Å². The Morgan fingerprint density at radius 1 is 0.833 bits per heavy atom. The molecule has 0 aliphatic rings. The molecule has 0 amide bonds. The molecule has 1 N–H and O–H groups in total. The maximum atomic E-state index is 8.88. The molecule has 0 bridgehead atoms. The second-order valence-electron chi connectivity index (χ2n) is 4.37. The molecule has 0 fully saturated rings. The molecular weight excluding hydrogens is 222 g/mol. The van der Waals surface area contributed by atoms with Gasteiger partial charge < -0.3 is 5.21 Å². The van der Waals surface area contributed by atoms with Gasteiger partial charge in [0.1, 0.15) is 0 Å². The standard InChI is InChI=1S/C16H13NO/c1-11-12-6-2-4-8-14(12)16(10-17-18)15-9-5-3-7-13(11)15/h2-10,18H,1H3. The van der Waals surface area contributed by atoms with Gasteiger partial charge in [0.05, 0.1) is 6.21 Å². The lowest BCUT2D eigenvalue weighted by atomic mass is 9.93. The normalized spacial score (nSPS) is 11.6. The van der Waals surface area contributed by atoms with Crippen LogP contribution in [-0.4, -0.2) is 11.4 Å². The van der Waals surface area contributed by atoms with E-state index in [0.29, 0.717) is 0 Å². The quantitative estimate of drug-likeness (QED) is 0.293. The fourth-order valence-corrected chi connectivity index (χ4v) is 2.58. The summed E-state index contributed by atoms with van der Waals surface area (Å²) in [7, 11) is 0. The predicted octanol–water partition coefficient (Wildman–Crippen LogP) is 4.11. The van der Waals surface area contributed by atoms with Crippen LogP contribution in [0.4, 0.5) is 0 Å². The summed E-state index contributed by atoms with van der Waals surface area (Å²) in [6, 6.07) is 16.4. The van der Waals surface area contributed by atoms with Crippen molar-refractivity contribution in [3.05, 3.63) is 59.7 Å². The Kier molecular flexibility index (Phi) is 2.49. The van der Waals surface area contributed by atoms with Crippen LogP contribution in [0.1, 0.15) is 11.1 Å². The number of hydrogen-bond donors (Lipinski definition) is 1. The zero-order valence-corrected chi connectivity index (χ0v) is 10.1. The van der Waals surface area contributed by atoms with Gasteiger partial charge in [0, 0.05) is 5.56 Å². The molecular formula is C16H13NO. The van der Waals surface area contributed by atoms with Crippen LogP contribution in [0.2, 0.25) is 0 Å². The van der Waals surface area contributed by atoms with Crippen molar-refractivity contribution in [2.45, 2.75) is 6.92 Å². The van der Waals surface area contributed by atoms with Gasteiger partial charge in [-0.2, -0.15) is 0 Å². The van der Waals surface area contributed by atoms with Crippen LogP contribution in [0.5, 0.6) is 0 Å². The molecule has 0 saturated heterocycles. The highest BCUT2D eigenvalue weighted by Crippen LogP contribution is 2.31. The van der Waals surface area contributed by atoms with Crippen LogP contribution in [0.25, 0.3) is 21.5 Å². The van der Waals surface area contributed by atoms with Crippen LogP contribution in [0.15, 0.2) is 53.7 Å². The summed E-state index contributed by atoms with van der Waals surface area (Å²) in [6.45, 7) is 2.13. The van der Waals surface area contributed by atoms with Gasteiger partial charge in [-0.3, -0.25) is 0 Å². The molecule has 0 aromatic heterocycles. The number of benzene rings is 3. The maximum absolute atomic E-state index is 8.88. The van der Waals surface area contributed by atoms with Crippen molar-refractivity contribution in [2.75, 3.05) is 0 Å². The average molecular weight is 235 g/mol. The Balaban J connectivity index is 2.62. The van der Waals surface area contributed by atoms with Crippen LogP contribution < -0.4 is 0 Å². The fraction of sp³-hybridized carbons (Fsp3) is 0.0625. The molecule has 88 valence electrons. The lowest BCUT2D eigenvalue weighted by Crippen LogP contribution is -1.91. The highest BCUT2D eigenvalue weighted by molar-refractivity contribution is 6.15. The van der Waals surface area contributed by atoms with Crippen molar-refractivity contribution < 1.29 is 5.21 Å². The van der Waals surface area contributed by atoms with E-state index in [2.05, 4.69) is 36.3 Å². The smallest absolute Gasteiger partial charge is 0.0746 e. The number of aryl methyl sites for hydroxylation is 1. The number of oxime groups is 1. The molecule has 3 rings (SSSR count). The third-order valence-electron chi connectivity index (χ3n) is 3.43. The van der Waals surface area contributed by atoms with Gasteiger partial charge in [0.15, 0.2) is 0 Å². The number of fused-ring (bicyclic) bond motifs is 2. The molecule has 0 heterocycles. The topological polar surface area (TPSA) is 32.6 Å². The minimum Gasteiger partial charge on any atom is -0.411 e. The summed E-state index contributed by atoms with van der Waals surface area (Å²) in [5.41, 5.74) is 2.23. The Morgan fingerprint density at radius 2 is 1.28 bits per heavy atom. The molecule has 0 aliphatic heterocycles. The van der Waals surface area contributed by atoms with E-state index in [1.807, 2.05) is 24.3 Å². The summed E-state index contributed by atoms with van der Waals surface area (Å²) >= 11 is 0. The van der Waals surface area contributed by atoms with Crippen molar-refractivity contribution in [3.8, 4) is 0 Å². The van der Waals surface area contributed by atoms with E-state index in [0.717, 1.165) is 16.3 Å². The molecule has 0 aliphatic carbocycles. The molecule has 0 atom stereocenters. The van der Waals surface area contributed by atoms with E-state index < -0.39 is 0 Å². The molecule has 2 nitrogen and oxygen atoms in total. The summed E-state index contributed by atoms with van der Waals surface area (Å²) < 4.78 is 0. The summed E-state index contributed by atoms with van der Waals surface area (Å²) in [6.07, 6.45) is 1.52. The molecule has 0 radical (unpaired) electrons. The third-order valence-corrected chi connectivity index (χ3v) is 3.43. The fourth-order valence-electron chi connectivity index (χ4n) is 2.58. The van der Waals surface area contributed by atoms with Crippen molar-refractivity contribution in [1.82, 2.24) is 0 Å². The Hall–Kier alpha value is -2.35. The zero-order valence-electron chi connectivity index (χ0n) is 10.1. The molecule has 0 spiro atoms. The highest BCUT2D eigenvalue weighted by atomic mass is 16.4. The van der Waals surface area contributed by atoms with E-state index in [1.165, 1.54) is 22.6 Å². The number of rotatable bonds is 1. The van der Waals surface area contributed by atoms with E-state index in [1.54, 1.807) is 0 Å². The van der Waals surface area contributed by atoms with Gasteiger partial charge in [0.25, 0.3) is 0 Å². The van der Waals surface area contributed by atoms with E-state index in [9.17, 15) is 0 Å². The first-order chi connectivity index (χ1) is 8.83. The molecule has 3 aromatic carbocycles. The Bertz CT molecular complexity index is 702. The van der Waals surface area contributed by atoms with Gasteiger partial charge in [-0.25, -0.2) is 0 Å². The van der Waals surface area contributed by atoms with Crippen LogP contribution >= 0.6 is 0 Å². The van der Waals surface area contributed by atoms with Crippen LogP contribution in [0.3, 0.4) is 0 Å². The van der Waals surface area contributed by atoms with Gasteiger partial charge in [-0.1, -0.05) is 53.7 Å². The van der Waals surface area contributed by atoms with E-state index >= 15 is 0 Å². The lowest BCUT2D eigenvalue weighted by molar-refractivity contribution is 0.322. The Morgan fingerprint density at radius 3 is 1.72 bits per heavy atom. The Labute approximate surface area is 105 Å². The molecule has 3 aromatic rings. The second-order valence-corrected chi connectivity index (χ2v) is 4.37. The first-order valence-corrected chi connectivity index (χ1v) is 5.90. The molecule has 18 heavy (non-hydrogen) atoms. The summed E-state index contributed by atoms with van der Waals surface area (Å²) in [5, 5.41) is 16.7. The summed E-state index contributed by atoms with van der Waals surface area (Å²) in [5.74, 6) is 0. The first-order valence-electron chi connectivity index (χ1n) is 5.90. The number of nitrogens with zero attached hydrogens (tertiary/aromatic N) is 1. The molecule has 0 unspecified atom stereocenters. The SMILES string of the molecule is Cc1c2ccccc2c(C=NO)c2ccccc12. The number of hydrogen-bond acceptors (Lipinski definition) is 2. The third kappa shape index (κ3) is 1.46. The minimum absolute atomic E-state index is 0.967. The van der Waals surface area contributed by atoms with Crippen molar-refractivity contribution >= 4 is 27.8 Å². The average Bonchev–Trinajstić information content (AvgIpc) is 2.43. The minimum atomic E-state index is 0.967.